The Kier molecular flexibility index (Phi) is 5.27. The van der Waals surface area contributed by atoms with Crippen LogP contribution in [0.25, 0.3) is 16.2 Å². The molecule has 1 aliphatic rings. The number of imidazole rings is 1. The van der Waals surface area contributed by atoms with Crippen LogP contribution in [0.1, 0.15) is 30.3 Å². The molecule has 0 spiro atoms. The van der Waals surface area contributed by atoms with E-state index in [-0.39, 0.29) is 5.91 Å². The lowest BCUT2D eigenvalue weighted by Crippen LogP contribution is -2.36. The number of hydrogen-bond acceptors (Lipinski definition) is 4. The Bertz CT molecular complexity index is 911. The molecule has 6 heteroatoms. The first-order chi connectivity index (χ1) is 13.1. The van der Waals surface area contributed by atoms with E-state index < -0.39 is 0 Å². The smallest absolute Gasteiger partial charge is 0.271 e. The van der Waals surface area contributed by atoms with Crippen molar-refractivity contribution < 1.29 is 4.79 Å². The maximum absolute atomic E-state index is 13.0. The molecule has 1 atom stereocenters. The normalized spacial score (nSPS) is 16.1. The highest BCUT2D eigenvalue weighted by atomic mass is 32.1. The van der Waals surface area contributed by atoms with Crippen molar-refractivity contribution in [3.8, 4) is 11.3 Å². The van der Waals surface area contributed by atoms with Crippen molar-refractivity contribution in [3.05, 3.63) is 47.6 Å². The molecule has 3 heterocycles. The molecular weight excluding hydrogens is 356 g/mol. The molecule has 0 N–H and O–H groups in total. The first-order valence-electron chi connectivity index (χ1n) is 9.61. The predicted octanol–water partition coefficient (Wildman–Crippen LogP) is 3.87. The minimum absolute atomic E-state index is 0.0616. The molecule has 0 radical (unpaired) electrons. The molecule has 1 saturated heterocycles. The Hall–Kier alpha value is -2.18. The Labute approximate surface area is 164 Å². The molecule has 0 saturated carbocycles. The van der Waals surface area contributed by atoms with Gasteiger partial charge in [0, 0.05) is 37.3 Å². The van der Waals surface area contributed by atoms with Crippen LogP contribution in [0.3, 0.4) is 0 Å². The topological polar surface area (TPSA) is 40.8 Å². The summed E-state index contributed by atoms with van der Waals surface area (Å²) < 4.78 is 1.93. The molecule has 4 rings (SSSR count). The first kappa shape index (κ1) is 18.2. The van der Waals surface area contributed by atoms with Crippen LogP contribution >= 0.6 is 11.3 Å². The van der Waals surface area contributed by atoms with Gasteiger partial charge in [-0.25, -0.2) is 4.98 Å². The minimum Gasteiger partial charge on any atom is -0.340 e. The van der Waals surface area contributed by atoms with Gasteiger partial charge in [0.25, 0.3) is 5.91 Å². The molecule has 5 nitrogen and oxygen atoms in total. The van der Waals surface area contributed by atoms with Gasteiger partial charge in [0.05, 0.1) is 5.69 Å². The van der Waals surface area contributed by atoms with Gasteiger partial charge in [0.2, 0.25) is 0 Å². The van der Waals surface area contributed by atoms with Crippen molar-refractivity contribution in [1.82, 2.24) is 19.2 Å². The van der Waals surface area contributed by atoms with Crippen LogP contribution in [0.15, 0.2) is 41.9 Å². The second-order valence-electron chi connectivity index (χ2n) is 7.56. The number of carbonyl (C=O) groups excluding carboxylic acids is 1. The van der Waals surface area contributed by atoms with Crippen LogP contribution in [-0.2, 0) is 0 Å². The summed E-state index contributed by atoms with van der Waals surface area (Å²) in [5, 5.41) is 1.92. The van der Waals surface area contributed by atoms with Crippen molar-refractivity contribution >= 4 is 22.2 Å². The summed E-state index contributed by atoms with van der Waals surface area (Å²) in [6.07, 6.45) is 4.58. The summed E-state index contributed by atoms with van der Waals surface area (Å²) >= 11 is 1.52. The van der Waals surface area contributed by atoms with Gasteiger partial charge in [-0.3, -0.25) is 9.20 Å². The number of thiazole rings is 1. The highest BCUT2D eigenvalue weighted by Crippen LogP contribution is 2.24. The van der Waals surface area contributed by atoms with E-state index in [2.05, 4.69) is 16.8 Å². The fourth-order valence-corrected chi connectivity index (χ4v) is 4.74. The van der Waals surface area contributed by atoms with Gasteiger partial charge in [-0.15, -0.1) is 11.3 Å². The standard InChI is InChI=1S/C21H26N4OS/c1-16(13-24-10-6-7-11-24)12-23(2)20(26)19-15-27-21-22-18(14-25(19)21)17-8-4-3-5-9-17/h3-5,8-9,14-16H,6-7,10-13H2,1-2H3/t16-/m1/s1. The van der Waals surface area contributed by atoms with Crippen LogP contribution in [0, 0.1) is 5.92 Å². The van der Waals surface area contributed by atoms with Crippen molar-refractivity contribution in [1.29, 1.82) is 0 Å². The fourth-order valence-electron chi connectivity index (χ4n) is 3.90. The largest absolute Gasteiger partial charge is 0.340 e. The van der Waals surface area contributed by atoms with E-state index in [1.165, 1.54) is 37.3 Å². The van der Waals surface area contributed by atoms with Gasteiger partial charge in [-0.2, -0.15) is 0 Å². The highest BCUT2D eigenvalue weighted by Gasteiger charge is 2.21. The van der Waals surface area contributed by atoms with Crippen molar-refractivity contribution in [3.63, 3.8) is 0 Å². The Morgan fingerprint density at radius 1 is 1.26 bits per heavy atom. The van der Waals surface area contributed by atoms with Gasteiger partial charge in [-0.1, -0.05) is 37.3 Å². The summed E-state index contributed by atoms with van der Waals surface area (Å²) in [4.78, 5) is 22.9. The molecule has 1 amide bonds. The molecular formula is C21H26N4OS. The number of likely N-dealkylation sites (tertiary alicyclic amines) is 1. The summed E-state index contributed by atoms with van der Waals surface area (Å²) in [6.45, 7) is 6.47. The number of benzene rings is 1. The molecule has 1 aromatic carbocycles. The molecule has 0 aliphatic carbocycles. The fraction of sp³-hybridized carbons (Fsp3) is 0.429. The van der Waals surface area contributed by atoms with Crippen LogP contribution in [0.2, 0.25) is 0 Å². The van der Waals surface area contributed by atoms with Gasteiger partial charge in [-0.05, 0) is 31.8 Å². The summed E-state index contributed by atoms with van der Waals surface area (Å²) in [7, 11) is 1.90. The van der Waals surface area contributed by atoms with Crippen LogP contribution in [-0.4, -0.2) is 58.3 Å². The first-order valence-corrected chi connectivity index (χ1v) is 10.5. The summed E-state index contributed by atoms with van der Waals surface area (Å²) in [5.74, 6) is 0.528. The molecule has 27 heavy (non-hydrogen) atoms. The second-order valence-corrected chi connectivity index (χ2v) is 8.40. The van der Waals surface area contributed by atoms with E-state index in [0.29, 0.717) is 11.6 Å². The zero-order valence-corrected chi connectivity index (χ0v) is 16.8. The average Bonchev–Trinajstić information content (AvgIpc) is 3.38. The molecule has 0 bridgehead atoms. The number of amides is 1. The number of aromatic nitrogens is 2. The molecule has 1 aliphatic heterocycles. The van der Waals surface area contributed by atoms with E-state index in [1.807, 2.05) is 58.3 Å². The third kappa shape index (κ3) is 3.92. The number of rotatable bonds is 6. The van der Waals surface area contributed by atoms with Crippen LogP contribution in [0.5, 0.6) is 0 Å². The van der Waals surface area contributed by atoms with Crippen molar-refractivity contribution in [2.75, 3.05) is 33.2 Å². The van der Waals surface area contributed by atoms with E-state index in [4.69, 9.17) is 0 Å². The average molecular weight is 383 g/mol. The second kappa shape index (κ2) is 7.82. The lowest BCUT2D eigenvalue weighted by molar-refractivity contribution is 0.0760. The lowest BCUT2D eigenvalue weighted by Gasteiger charge is -2.25. The van der Waals surface area contributed by atoms with E-state index in [1.54, 1.807) is 0 Å². The van der Waals surface area contributed by atoms with Gasteiger partial charge < -0.3 is 9.80 Å². The number of nitrogens with zero attached hydrogens (tertiary/aromatic N) is 4. The van der Waals surface area contributed by atoms with Gasteiger partial charge >= 0.3 is 0 Å². The summed E-state index contributed by atoms with van der Waals surface area (Å²) in [5.41, 5.74) is 2.67. The van der Waals surface area contributed by atoms with Gasteiger partial charge in [0.15, 0.2) is 4.96 Å². The third-order valence-electron chi connectivity index (χ3n) is 5.20. The van der Waals surface area contributed by atoms with Crippen LogP contribution in [0.4, 0.5) is 0 Å². The SMILES string of the molecule is C[C@@H](CN1CCCC1)CN(C)C(=O)c1csc2nc(-c3ccccc3)cn12. The van der Waals surface area contributed by atoms with Crippen molar-refractivity contribution in [2.24, 2.45) is 5.92 Å². The number of hydrogen-bond donors (Lipinski definition) is 0. The zero-order valence-electron chi connectivity index (χ0n) is 16.0. The molecule has 142 valence electrons. The number of fused-ring (bicyclic) bond motifs is 1. The molecule has 3 aromatic rings. The molecule has 2 aromatic heterocycles. The third-order valence-corrected chi connectivity index (χ3v) is 6.04. The Balaban J connectivity index is 1.47. The maximum atomic E-state index is 13.0. The summed E-state index contributed by atoms with van der Waals surface area (Å²) in [6, 6.07) is 10.1. The molecule has 1 fully saturated rings. The van der Waals surface area contributed by atoms with E-state index in [9.17, 15) is 4.79 Å². The monoisotopic (exact) mass is 382 g/mol. The maximum Gasteiger partial charge on any atom is 0.271 e. The van der Waals surface area contributed by atoms with Crippen molar-refractivity contribution in [2.45, 2.75) is 19.8 Å². The van der Waals surface area contributed by atoms with Crippen LogP contribution < -0.4 is 0 Å². The van der Waals surface area contributed by atoms with E-state index in [0.717, 1.165) is 29.3 Å². The Morgan fingerprint density at radius 2 is 2.00 bits per heavy atom. The number of carbonyl (C=O) groups is 1. The van der Waals surface area contributed by atoms with Gasteiger partial charge in [0.1, 0.15) is 5.69 Å². The highest BCUT2D eigenvalue weighted by molar-refractivity contribution is 7.15. The molecule has 0 unspecified atom stereocenters. The predicted molar refractivity (Wildman–Crippen MR) is 110 cm³/mol. The Morgan fingerprint density at radius 3 is 2.74 bits per heavy atom. The minimum atomic E-state index is 0.0616. The quantitative estimate of drug-likeness (QED) is 0.650. The lowest BCUT2D eigenvalue weighted by atomic mass is 10.1. The zero-order chi connectivity index (χ0) is 18.8. The van der Waals surface area contributed by atoms with E-state index >= 15 is 0 Å².